The second kappa shape index (κ2) is 4.49. The van der Waals surface area contributed by atoms with Crippen molar-refractivity contribution in [1.29, 1.82) is 0 Å². The molecule has 0 spiro atoms. The Morgan fingerprint density at radius 3 is 2.94 bits per heavy atom. The molecule has 0 aliphatic carbocycles. The Morgan fingerprint density at radius 2 is 2.31 bits per heavy atom. The van der Waals surface area contributed by atoms with Crippen molar-refractivity contribution in [3.05, 3.63) is 29.3 Å². The zero-order valence-corrected chi connectivity index (χ0v) is 9.95. The molecule has 84 valence electrons. The van der Waals surface area contributed by atoms with E-state index in [1.54, 1.807) is 23.9 Å². The van der Waals surface area contributed by atoms with E-state index < -0.39 is 0 Å². The van der Waals surface area contributed by atoms with Gasteiger partial charge in [0.05, 0.1) is 17.2 Å². The number of carbonyl (C=O) groups is 1. The molecule has 0 saturated heterocycles. The second-order valence-electron chi connectivity index (χ2n) is 3.22. The Kier molecular flexibility index (Phi) is 3.05. The number of rotatable bonds is 3. The maximum atomic E-state index is 11.5. The van der Waals surface area contributed by atoms with E-state index in [4.69, 9.17) is 4.74 Å². The van der Waals surface area contributed by atoms with Gasteiger partial charge in [0.25, 0.3) is 0 Å². The van der Waals surface area contributed by atoms with Crippen LogP contribution in [0.25, 0.3) is 10.6 Å². The quantitative estimate of drug-likeness (QED) is 0.768. The van der Waals surface area contributed by atoms with Crippen molar-refractivity contribution in [2.75, 3.05) is 6.61 Å². The van der Waals surface area contributed by atoms with Crippen molar-refractivity contribution in [3.8, 4) is 10.6 Å². The highest BCUT2D eigenvalue weighted by Crippen LogP contribution is 2.27. The third-order valence-corrected chi connectivity index (χ3v) is 3.24. The van der Waals surface area contributed by atoms with Gasteiger partial charge in [-0.15, -0.1) is 11.3 Å². The van der Waals surface area contributed by atoms with Crippen molar-refractivity contribution < 1.29 is 9.53 Å². The molecular weight excluding hydrogens is 224 g/mol. The van der Waals surface area contributed by atoms with E-state index in [1.807, 2.05) is 19.2 Å². The van der Waals surface area contributed by atoms with E-state index in [2.05, 4.69) is 5.10 Å². The maximum Gasteiger partial charge on any atom is 0.348 e. The van der Waals surface area contributed by atoms with Crippen LogP contribution in [-0.4, -0.2) is 22.4 Å². The smallest absolute Gasteiger partial charge is 0.348 e. The van der Waals surface area contributed by atoms with Crippen LogP contribution in [0.3, 0.4) is 0 Å². The minimum atomic E-state index is -0.263. The number of aromatic nitrogens is 2. The number of hydrogen-bond acceptors (Lipinski definition) is 4. The topological polar surface area (TPSA) is 44.1 Å². The molecule has 2 aromatic rings. The Morgan fingerprint density at radius 1 is 1.50 bits per heavy atom. The lowest BCUT2D eigenvalue weighted by atomic mass is 10.3. The molecule has 2 heterocycles. The largest absolute Gasteiger partial charge is 0.462 e. The molecule has 0 radical (unpaired) electrons. The molecule has 0 unspecified atom stereocenters. The van der Waals surface area contributed by atoms with E-state index in [1.165, 1.54) is 11.3 Å². The van der Waals surface area contributed by atoms with E-state index in [0.29, 0.717) is 11.5 Å². The predicted molar refractivity (Wildman–Crippen MR) is 62.5 cm³/mol. The molecule has 0 saturated carbocycles. The van der Waals surface area contributed by atoms with Gasteiger partial charge in [0, 0.05) is 13.2 Å². The molecule has 0 fully saturated rings. The number of esters is 1. The van der Waals surface area contributed by atoms with Crippen LogP contribution in [-0.2, 0) is 11.8 Å². The minimum absolute atomic E-state index is 0.263. The maximum absolute atomic E-state index is 11.5. The molecule has 5 heteroatoms. The summed E-state index contributed by atoms with van der Waals surface area (Å²) in [7, 11) is 1.87. The molecule has 0 amide bonds. The average molecular weight is 236 g/mol. The highest BCUT2D eigenvalue weighted by Gasteiger charge is 2.12. The summed E-state index contributed by atoms with van der Waals surface area (Å²) in [5, 5.41) is 4.09. The Bertz CT molecular complexity index is 502. The highest BCUT2D eigenvalue weighted by atomic mass is 32.1. The summed E-state index contributed by atoms with van der Waals surface area (Å²) in [6.45, 7) is 2.20. The number of nitrogens with zero attached hydrogens (tertiary/aromatic N) is 2. The van der Waals surface area contributed by atoms with Gasteiger partial charge in [0.2, 0.25) is 0 Å². The van der Waals surface area contributed by atoms with Gasteiger partial charge >= 0.3 is 5.97 Å². The van der Waals surface area contributed by atoms with E-state index >= 15 is 0 Å². The molecule has 16 heavy (non-hydrogen) atoms. The van der Waals surface area contributed by atoms with Crippen molar-refractivity contribution >= 4 is 17.3 Å². The summed E-state index contributed by atoms with van der Waals surface area (Å²) < 4.78 is 6.72. The van der Waals surface area contributed by atoms with Crippen LogP contribution in [0.15, 0.2) is 24.4 Å². The summed E-state index contributed by atoms with van der Waals surface area (Å²) in [5.41, 5.74) is 1.00. The van der Waals surface area contributed by atoms with Crippen LogP contribution >= 0.6 is 11.3 Å². The van der Waals surface area contributed by atoms with Gasteiger partial charge in [0.15, 0.2) is 0 Å². The molecule has 2 rings (SSSR count). The van der Waals surface area contributed by atoms with Gasteiger partial charge in [0.1, 0.15) is 4.88 Å². The fourth-order valence-electron chi connectivity index (χ4n) is 1.40. The number of hydrogen-bond donors (Lipinski definition) is 0. The molecule has 2 aromatic heterocycles. The minimum Gasteiger partial charge on any atom is -0.462 e. The molecule has 0 bridgehead atoms. The average Bonchev–Trinajstić information content (AvgIpc) is 2.86. The van der Waals surface area contributed by atoms with Crippen LogP contribution in [0.1, 0.15) is 16.6 Å². The first-order valence-corrected chi connectivity index (χ1v) is 5.79. The lowest BCUT2D eigenvalue weighted by molar-refractivity contribution is 0.0532. The molecule has 0 aliphatic rings. The SMILES string of the molecule is CCOC(=O)c1ccc(-c2ccnn2C)s1. The summed E-state index contributed by atoms with van der Waals surface area (Å²) in [6.07, 6.45) is 1.74. The lowest BCUT2D eigenvalue weighted by Gasteiger charge is -1.98. The number of aryl methyl sites for hydroxylation is 1. The molecule has 4 nitrogen and oxygen atoms in total. The van der Waals surface area contributed by atoms with Crippen LogP contribution in [0.5, 0.6) is 0 Å². The second-order valence-corrected chi connectivity index (χ2v) is 4.31. The summed E-state index contributed by atoms with van der Waals surface area (Å²) >= 11 is 1.42. The van der Waals surface area contributed by atoms with Crippen LogP contribution < -0.4 is 0 Å². The van der Waals surface area contributed by atoms with Gasteiger partial charge in [-0.2, -0.15) is 5.10 Å². The number of thiophene rings is 1. The van der Waals surface area contributed by atoms with Crippen LogP contribution in [0.2, 0.25) is 0 Å². The van der Waals surface area contributed by atoms with Crippen LogP contribution in [0.4, 0.5) is 0 Å². The molecule has 0 atom stereocenters. The van der Waals surface area contributed by atoms with Gasteiger partial charge < -0.3 is 4.74 Å². The Labute approximate surface area is 97.5 Å². The predicted octanol–water partition coefficient (Wildman–Crippen LogP) is 2.33. The zero-order valence-electron chi connectivity index (χ0n) is 9.14. The Balaban J connectivity index is 2.26. The van der Waals surface area contributed by atoms with Gasteiger partial charge in [-0.1, -0.05) is 0 Å². The first kappa shape index (κ1) is 10.9. The van der Waals surface area contributed by atoms with Gasteiger partial charge in [-0.25, -0.2) is 4.79 Å². The zero-order chi connectivity index (χ0) is 11.5. The third kappa shape index (κ3) is 1.99. The third-order valence-electron chi connectivity index (χ3n) is 2.16. The van der Waals surface area contributed by atoms with E-state index in [-0.39, 0.29) is 5.97 Å². The normalized spacial score (nSPS) is 10.4. The van der Waals surface area contributed by atoms with Gasteiger partial charge in [-0.05, 0) is 25.1 Å². The molecule has 0 N–H and O–H groups in total. The first-order valence-electron chi connectivity index (χ1n) is 4.97. The van der Waals surface area contributed by atoms with Crippen molar-refractivity contribution in [2.45, 2.75) is 6.92 Å². The fourth-order valence-corrected chi connectivity index (χ4v) is 2.36. The molecule has 0 aliphatic heterocycles. The molecular formula is C11H12N2O2S. The summed E-state index contributed by atoms with van der Waals surface area (Å²) in [4.78, 5) is 13.1. The first-order chi connectivity index (χ1) is 7.72. The highest BCUT2D eigenvalue weighted by molar-refractivity contribution is 7.17. The fraction of sp³-hybridized carbons (Fsp3) is 0.273. The van der Waals surface area contributed by atoms with Crippen molar-refractivity contribution in [1.82, 2.24) is 9.78 Å². The van der Waals surface area contributed by atoms with Crippen molar-refractivity contribution in [3.63, 3.8) is 0 Å². The summed E-state index contributed by atoms with van der Waals surface area (Å²) in [5.74, 6) is -0.263. The number of carbonyl (C=O) groups excluding carboxylic acids is 1. The summed E-state index contributed by atoms with van der Waals surface area (Å²) in [6, 6.07) is 5.61. The van der Waals surface area contributed by atoms with Gasteiger partial charge in [-0.3, -0.25) is 4.68 Å². The van der Waals surface area contributed by atoms with Crippen LogP contribution in [0, 0.1) is 0 Å². The Hall–Kier alpha value is -1.62. The van der Waals surface area contributed by atoms with E-state index in [9.17, 15) is 4.79 Å². The van der Waals surface area contributed by atoms with E-state index in [0.717, 1.165) is 10.6 Å². The number of ether oxygens (including phenoxy) is 1. The monoisotopic (exact) mass is 236 g/mol. The molecule has 0 aromatic carbocycles. The van der Waals surface area contributed by atoms with Crippen molar-refractivity contribution in [2.24, 2.45) is 7.05 Å². The standard InChI is InChI=1S/C11H12N2O2S/c1-3-15-11(14)10-5-4-9(16-10)8-6-7-12-13(8)2/h4-7H,3H2,1-2H3. The lowest BCUT2D eigenvalue weighted by Crippen LogP contribution is -2.01.